The lowest BCUT2D eigenvalue weighted by molar-refractivity contribution is -0.137. The SMILES string of the molecule is N#Cc1c(C(F)(F)F)cc(-c2cc(Br)co2)n(Cc2ccc(F)cc2F)c1=O. The molecular formula is C18H8BrF5N2O2. The Kier molecular flexibility index (Phi) is 5.12. The highest BCUT2D eigenvalue weighted by Crippen LogP contribution is 2.34. The van der Waals surface area contributed by atoms with E-state index in [1.54, 1.807) is 0 Å². The minimum atomic E-state index is -4.97. The number of furan rings is 1. The van der Waals surface area contributed by atoms with Crippen molar-refractivity contribution >= 4 is 15.9 Å². The third-order valence-corrected chi connectivity index (χ3v) is 4.30. The van der Waals surface area contributed by atoms with Crippen LogP contribution in [0.1, 0.15) is 16.7 Å². The number of pyridine rings is 1. The number of halogens is 6. The van der Waals surface area contributed by atoms with E-state index >= 15 is 0 Å². The van der Waals surface area contributed by atoms with Crippen LogP contribution in [0.15, 0.2) is 50.3 Å². The molecule has 0 aliphatic rings. The van der Waals surface area contributed by atoms with E-state index in [2.05, 4.69) is 15.9 Å². The maximum absolute atomic E-state index is 14.0. The number of rotatable bonds is 3. The first-order chi connectivity index (χ1) is 13.1. The molecule has 144 valence electrons. The van der Waals surface area contributed by atoms with Gasteiger partial charge in [0.25, 0.3) is 5.56 Å². The number of hydrogen-bond acceptors (Lipinski definition) is 3. The average molecular weight is 459 g/mol. The molecule has 2 heterocycles. The molecule has 3 rings (SSSR count). The maximum atomic E-state index is 14.0. The Labute approximate surface area is 162 Å². The molecule has 0 spiro atoms. The molecule has 0 aliphatic carbocycles. The third-order valence-electron chi connectivity index (χ3n) is 3.88. The highest BCUT2D eigenvalue weighted by Gasteiger charge is 2.37. The Morgan fingerprint density at radius 3 is 2.43 bits per heavy atom. The van der Waals surface area contributed by atoms with Crippen LogP contribution in [-0.4, -0.2) is 4.57 Å². The number of benzene rings is 1. The highest BCUT2D eigenvalue weighted by atomic mass is 79.9. The van der Waals surface area contributed by atoms with Gasteiger partial charge in [0.1, 0.15) is 29.5 Å². The van der Waals surface area contributed by atoms with Gasteiger partial charge in [-0.3, -0.25) is 9.36 Å². The Morgan fingerprint density at radius 1 is 1.18 bits per heavy atom. The summed E-state index contributed by atoms with van der Waals surface area (Å²) in [6.07, 6.45) is -3.78. The monoisotopic (exact) mass is 458 g/mol. The summed E-state index contributed by atoms with van der Waals surface area (Å²) in [6.45, 7) is -0.536. The van der Waals surface area contributed by atoms with Crippen LogP contribution in [0.3, 0.4) is 0 Å². The van der Waals surface area contributed by atoms with Crippen LogP contribution >= 0.6 is 15.9 Å². The summed E-state index contributed by atoms with van der Waals surface area (Å²) in [5.41, 5.74) is -4.31. The van der Waals surface area contributed by atoms with Crippen LogP contribution in [0.5, 0.6) is 0 Å². The Morgan fingerprint density at radius 2 is 1.89 bits per heavy atom. The molecule has 3 aromatic rings. The Hall–Kier alpha value is -2.93. The Balaban J connectivity index is 2.31. The van der Waals surface area contributed by atoms with Crippen LogP contribution in [0.4, 0.5) is 22.0 Å². The fourth-order valence-corrected chi connectivity index (χ4v) is 2.91. The van der Waals surface area contributed by atoms with Gasteiger partial charge in [-0.15, -0.1) is 0 Å². The van der Waals surface area contributed by atoms with Crippen molar-refractivity contribution in [3.8, 4) is 17.5 Å². The number of hydrogen-bond donors (Lipinski definition) is 0. The lowest BCUT2D eigenvalue weighted by Gasteiger charge is -2.16. The van der Waals surface area contributed by atoms with Crippen molar-refractivity contribution in [2.24, 2.45) is 0 Å². The standard InChI is InChI=1S/C18H8BrF5N2O2/c19-10-3-16(28-8-10)15-5-13(18(22,23)24)12(6-25)17(27)26(15)7-9-1-2-11(20)4-14(9)21/h1-5,8H,7H2. The zero-order valence-electron chi connectivity index (χ0n) is 13.6. The van der Waals surface area contributed by atoms with Crippen molar-refractivity contribution in [2.75, 3.05) is 0 Å². The third kappa shape index (κ3) is 3.71. The fourth-order valence-electron chi connectivity index (χ4n) is 2.61. The van der Waals surface area contributed by atoms with Gasteiger partial charge in [0.15, 0.2) is 5.76 Å². The van der Waals surface area contributed by atoms with Gasteiger partial charge >= 0.3 is 6.18 Å². The van der Waals surface area contributed by atoms with Gasteiger partial charge in [0.05, 0.1) is 22.3 Å². The molecule has 0 bridgehead atoms. The lowest BCUT2D eigenvalue weighted by Crippen LogP contribution is -2.29. The van der Waals surface area contributed by atoms with Gasteiger partial charge in [0.2, 0.25) is 0 Å². The average Bonchev–Trinajstić information content (AvgIpc) is 3.03. The predicted molar refractivity (Wildman–Crippen MR) is 91.3 cm³/mol. The molecule has 2 aromatic heterocycles. The number of alkyl halides is 3. The van der Waals surface area contributed by atoms with E-state index in [1.807, 2.05) is 0 Å². The molecule has 0 unspecified atom stereocenters. The minimum absolute atomic E-state index is 0.110. The van der Waals surface area contributed by atoms with Gasteiger partial charge < -0.3 is 4.42 Å². The van der Waals surface area contributed by atoms with Gasteiger partial charge in [0, 0.05) is 17.7 Å². The summed E-state index contributed by atoms with van der Waals surface area (Å²) in [4.78, 5) is 12.6. The summed E-state index contributed by atoms with van der Waals surface area (Å²) in [5.74, 6) is -1.95. The van der Waals surface area contributed by atoms with Gasteiger partial charge in [-0.05, 0) is 28.1 Å². The molecule has 4 nitrogen and oxygen atoms in total. The number of nitriles is 1. The second-order valence-corrected chi connectivity index (χ2v) is 6.60. The molecule has 0 saturated heterocycles. The molecule has 28 heavy (non-hydrogen) atoms. The first kappa shape index (κ1) is 19.8. The highest BCUT2D eigenvalue weighted by molar-refractivity contribution is 9.10. The van der Waals surface area contributed by atoms with Crippen LogP contribution in [-0.2, 0) is 12.7 Å². The van der Waals surface area contributed by atoms with Crippen LogP contribution in [0.2, 0.25) is 0 Å². The van der Waals surface area contributed by atoms with Crippen molar-refractivity contribution in [2.45, 2.75) is 12.7 Å². The largest absolute Gasteiger partial charge is 0.462 e. The van der Waals surface area contributed by atoms with E-state index in [1.165, 1.54) is 18.4 Å². The normalized spacial score (nSPS) is 11.5. The molecule has 0 radical (unpaired) electrons. The maximum Gasteiger partial charge on any atom is 0.417 e. The van der Waals surface area contributed by atoms with E-state index in [0.29, 0.717) is 16.6 Å². The van der Waals surface area contributed by atoms with Crippen LogP contribution in [0.25, 0.3) is 11.5 Å². The van der Waals surface area contributed by atoms with E-state index in [-0.39, 0.29) is 17.0 Å². The van der Waals surface area contributed by atoms with E-state index < -0.39 is 41.0 Å². The smallest absolute Gasteiger partial charge is 0.417 e. The molecule has 0 N–H and O–H groups in total. The fraction of sp³-hybridized carbons (Fsp3) is 0.111. The Bertz CT molecular complexity index is 1160. The first-order valence-corrected chi connectivity index (χ1v) is 8.34. The van der Waals surface area contributed by atoms with Crippen molar-refractivity contribution < 1.29 is 26.4 Å². The van der Waals surface area contributed by atoms with E-state index in [4.69, 9.17) is 9.68 Å². The molecule has 0 saturated carbocycles. The summed E-state index contributed by atoms with van der Waals surface area (Å²) < 4.78 is 73.5. The lowest BCUT2D eigenvalue weighted by atomic mass is 10.1. The molecule has 10 heteroatoms. The van der Waals surface area contributed by atoms with Gasteiger partial charge in [-0.1, -0.05) is 6.07 Å². The summed E-state index contributed by atoms with van der Waals surface area (Å²) >= 11 is 3.09. The van der Waals surface area contributed by atoms with Crippen molar-refractivity contribution in [3.05, 3.63) is 79.7 Å². The van der Waals surface area contributed by atoms with Gasteiger partial charge in [-0.25, -0.2) is 8.78 Å². The summed E-state index contributed by atoms with van der Waals surface area (Å²) in [5, 5.41) is 9.09. The van der Waals surface area contributed by atoms with Gasteiger partial charge in [-0.2, -0.15) is 18.4 Å². The molecule has 0 amide bonds. The van der Waals surface area contributed by atoms with Crippen molar-refractivity contribution in [1.82, 2.24) is 4.57 Å². The second kappa shape index (κ2) is 7.24. The zero-order valence-corrected chi connectivity index (χ0v) is 15.2. The summed E-state index contributed by atoms with van der Waals surface area (Å²) in [6, 6.07) is 5.75. The molecule has 0 aliphatic heterocycles. The molecular weight excluding hydrogens is 451 g/mol. The topological polar surface area (TPSA) is 58.9 Å². The minimum Gasteiger partial charge on any atom is -0.462 e. The second-order valence-electron chi connectivity index (χ2n) is 5.68. The number of nitrogens with zero attached hydrogens (tertiary/aromatic N) is 2. The molecule has 1 aromatic carbocycles. The predicted octanol–water partition coefficient (Wildman–Crippen LogP) is 5.09. The first-order valence-electron chi connectivity index (χ1n) is 7.55. The van der Waals surface area contributed by atoms with Crippen molar-refractivity contribution in [3.63, 3.8) is 0 Å². The summed E-state index contributed by atoms with van der Waals surface area (Å²) in [7, 11) is 0. The van der Waals surface area contributed by atoms with E-state index in [0.717, 1.165) is 16.7 Å². The number of aromatic nitrogens is 1. The molecule has 0 atom stereocenters. The van der Waals surface area contributed by atoms with Crippen LogP contribution in [0, 0.1) is 23.0 Å². The van der Waals surface area contributed by atoms with Crippen LogP contribution < -0.4 is 5.56 Å². The van der Waals surface area contributed by atoms with Crippen molar-refractivity contribution in [1.29, 1.82) is 5.26 Å². The quantitative estimate of drug-likeness (QED) is 0.513. The molecule has 0 fully saturated rings. The van der Waals surface area contributed by atoms with E-state index in [9.17, 15) is 26.7 Å². The zero-order chi connectivity index (χ0) is 20.6.